The van der Waals surface area contributed by atoms with Gasteiger partial charge in [0.2, 0.25) is 10.3 Å². The molecular formula is C27H23N7O4S2. The number of nitrogens with one attached hydrogen (secondary N) is 2. The molecule has 202 valence electrons. The molecule has 11 nitrogen and oxygen atoms in total. The molecule has 1 aliphatic heterocycles. The first-order chi connectivity index (χ1) is 19.5. The minimum atomic E-state index is -0.845. The summed E-state index contributed by atoms with van der Waals surface area (Å²) in [6.45, 7) is 0.406. The fourth-order valence-corrected chi connectivity index (χ4v) is 5.04. The van der Waals surface area contributed by atoms with Gasteiger partial charge >= 0.3 is 11.9 Å². The summed E-state index contributed by atoms with van der Waals surface area (Å²) in [6, 6.07) is 16.3. The highest BCUT2D eigenvalue weighted by molar-refractivity contribution is 7.14. The number of benzene rings is 2. The molecule has 0 aliphatic carbocycles. The van der Waals surface area contributed by atoms with E-state index >= 15 is 0 Å². The van der Waals surface area contributed by atoms with Gasteiger partial charge in [-0.25, -0.2) is 9.97 Å². The molecule has 2 aromatic carbocycles. The number of carbonyl (C=O) groups is 3. The first-order valence-corrected chi connectivity index (χ1v) is 14.0. The van der Waals surface area contributed by atoms with Crippen molar-refractivity contribution in [3.63, 3.8) is 0 Å². The number of carboxylic acid groups (broad SMARTS) is 1. The van der Waals surface area contributed by atoms with E-state index in [1.807, 2.05) is 35.7 Å². The molecule has 0 saturated carbocycles. The summed E-state index contributed by atoms with van der Waals surface area (Å²) in [4.78, 5) is 45.1. The third-order valence-electron chi connectivity index (χ3n) is 5.78. The first kappa shape index (κ1) is 26.8. The van der Waals surface area contributed by atoms with Crippen LogP contribution in [0.15, 0.2) is 81.8 Å². The predicted octanol–water partition coefficient (Wildman–Crippen LogP) is 4.47. The van der Waals surface area contributed by atoms with Crippen LogP contribution in [0.1, 0.15) is 35.2 Å². The third kappa shape index (κ3) is 6.27. The Kier molecular flexibility index (Phi) is 8.32. The predicted molar refractivity (Wildman–Crippen MR) is 155 cm³/mol. The van der Waals surface area contributed by atoms with Gasteiger partial charge in [-0.1, -0.05) is 42.5 Å². The molecule has 0 atom stereocenters. The molecule has 0 bridgehead atoms. The van der Waals surface area contributed by atoms with Crippen molar-refractivity contribution >= 4 is 62.1 Å². The Morgan fingerprint density at radius 2 is 1.80 bits per heavy atom. The van der Waals surface area contributed by atoms with E-state index in [-0.39, 0.29) is 18.0 Å². The van der Waals surface area contributed by atoms with E-state index < -0.39 is 11.9 Å². The van der Waals surface area contributed by atoms with Crippen molar-refractivity contribution < 1.29 is 19.5 Å². The van der Waals surface area contributed by atoms with Gasteiger partial charge in [-0.05, 0) is 25.0 Å². The van der Waals surface area contributed by atoms with E-state index in [0.717, 1.165) is 11.1 Å². The second-order valence-corrected chi connectivity index (χ2v) is 10.3. The quantitative estimate of drug-likeness (QED) is 0.177. The van der Waals surface area contributed by atoms with Gasteiger partial charge in [-0.2, -0.15) is 15.2 Å². The van der Waals surface area contributed by atoms with Gasteiger partial charge in [-0.3, -0.25) is 19.8 Å². The molecule has 2 amide bonds. The van der Waals surface area contributed by atoms with E-state index in [0.29, 0.717) is 46.6 Å². The van der Waals surface area contributed by atoms with Crippen LogP contribution in [0.25, 0.3) is 11.3 Å². The molecule has 13 heteroatoms. The summed E-state index contributed by atoms with van der Waals surface area (Å²) in [5.74, 6) is -1.49. The molecule has 4 aromatic rings. The van der Waals surface area contributed by atoms with E-state index in [1.54, 1.807) is 35.8 Å². The number of carboxylic acids is 1. The maximum Gasteiger partial charge on any atom is 0.303 e. The van der Waals surface area contributed by atoms with Gasteiger partial charge in [0.05, 0.1) is 5.69 Å². The number of hydrazone groups is 2. The van der Waals surface area contributed by atoms with Crippen molar-refractivity contribution in [3.8, 4) is 11.3 Å². The Bertz CT molecular complexity index is 1570. The van der Waals surface area contributed by atoms with Crippen LogP contribution in [0.4, 0.5) is 10.3 Å². The van der Waals surface area contributed by atoms with Crippen LogP contribution in [-0.2, 0) is 9.59 Å². The highest BCUT2D eigenvalue weighted by Gasteiger charge is 2.35. The van der Waals surface area contributed by atoms with Gasteiger partial charge < -0.3 is 10.4 Å². The summed E-state index contributed by atoms with van der Waals surface area (Å²) in [7, 11) is 0. The van der Waals surface area contributed by atoms with Crippen LogP contribution < -0.4 is 15.8 Å². The average Bonchev–Trinajstić information content (AvgIpc) is 3.73. The van der Waals surface area contributed by atoms with Crippen molar-refractivity contribution in [1.82, 2.24) is 15.3 Å². The molecule has 0 unspecified atom stereocenters. The van der Waals surface area contributed by atoms with Gasteiger partial charge in [0.1, 0.15) is 5.71 Å². The number of rotatable bonds is 11. The number of thiazole rings is 2. The zero-order chi connectivity index (χ0) is 27.9. The molecule has 0 spiro atoms. The number of carbonyl (C=O) groups excluding carboxylic acids is 2. The third-order valence-corrected chi connectivity index (χ3v) is 7.28. The molecular weight excluding hydrogens is 550 g/mol. The van der Waals surface area contributed by atoms with E-state index in [1.165, 1.54) is 27.7 Å². The molecule has 5 rings (SSSR count). The minimum Gasteiger partial charge on any atom is -0.481 e. The normalized spacial score (nSPS) is 13.9. The number of aliphatic carboxylic acids is 1. The maximum atomic E-state index is 13.4. The Balaban J connectivity index is 1.30. The fraction of sp³-hybridized carbons (Fsp3) is 0.148. The first-order valence-electron chi connectivity index (χ1n) is 12.3. The molecule has 0 saturated heterocycles. The van der Waals surface area contributed by atoms with Crippen LogP contribution in [0, 0.1) is 0 Å². The SMILES string of the molecule is O=C(O)CCCCNC(=O)c1ccc(-c2csc(N3N=C(c4ccccc4)/C(=N\Nc4nccs4)C3=O)n2)cc1. The van der Waals surface area contributed by atoms with Crippen molar-refractivity contribution in [1.29, 1.82) is 0 Å². The Morgan fingerprint density at radius 1 is 1.00 bits per heavy atom. The van der Waals surface area contributed by atoms with Gasteiger partial charge in [0, 0.05) is 46.6 Å². The van der Waals surface area contributed by atoms with Crippen molar-refractivity contribution in [2.24, 2.45) is 10.2 Å². The van der Waals surface area contributed by atoms with Crippen molar-refractivity contribution in [3.05, 3.63) is 82.7 Å². The summed E-state index contributed by atoms with van der Waals surface area (Å²) in [6.07, 6.45) is 2.82. The summed E-state index contributed by atoms with van der Waals surface area (Å²) < 4.78 is 0. The smallest absolute Gasteiger partial charge is 0.303 e. The molecule has 3 N–H and O–H groups in total. The summed E-state index contributed by atoms with van der Waals surface area (Å²) >= 11 is 2.63. The van der Waals surface area contributed by atoms with Crippen molar-refractivity contribution in [2.75, 3.05) is 17.0 Å². The lowest BCUT2D eigenvalue weighted by Crippen LogP contribution is -2.28. The van der Waals surface area contributed by atoms with Gasteiger partial charge in [-0.15, -0.1) is 22.7 Å². The highest BCUT2D eigenvalue weighted by Crippen LogP contribution is 2.30. The maximum absolute atomic E-state index is 13.4. The number of hydrogen-bond acceptors (Lipinski definition) is 10. The number of amides is 2. The van der Waals surface area contributed by atoms with Crippen LogP contribution in [-0.4, -0.2) is 50.8 Å². The summed E-state index contributed by atoms with van der Waals surface area (Å²) in [5, 5.41) is 26.2. The molecule has 3 heterocycles. The molecule has 0 radical (unpaired) electrons. The zero-order valence-corrected chi connectivity index (χ0v) is 22.6. The average molecular weight is 574 g/mol. The van der Waals surface area contributed by atoms with Gasteiger partial charge in [0.25, 0.3) is 5.91 Å². The fourth-order valence-electron chi connectivity index (χ4n) is 3.79. The number of hydrogen-bond donors (Lipinski definition) is 3. The van der Waals surface area contributed by atoms with E-state index in [9.17, 15) is 14.4 Å². The second-order valence-electron chi connectivity index (χ2n) is 8.54. The van der Waals surface area contributed by atoms with Crippen LogP contribution >= 0.6 is 22.7 Å². The standard InChI is InChI=1S/C27H23N7O4S2/c35-21(36)8-4-5-13-28-24(37)19-11-9-17(10-12-19)20-16-40-27(30-20)34-25(38)23(31-32-26-29-14-15-39-26)22(33-34)18-6-2-1-3-7-18/h1-3,6-7,9-12,14-16H,4-5,8,13H2,(H,28,37)(H,29,32)(H,35,36)/b31-23+. The Labute approximate surface area is 236 Å². The van der Waals surface area contributed by atoms with E-state index in [2.05, 4.69) is 30.9 Å². The van der Waals surface area contributed by atoms with E-state index in [4.69, 9.17) is 5.11 Å². The number of unbranched alkanes of at least 4 members (excludes halogenated alkanes) is 1. The lowest BCUT2D eigenvalue weighted by molar-refractivity contribution is -0.137. The van der Waals surface area contributed by atoms with Crippen LogP contribution in [0.5, 0.6) is 0 Å². The van der Waals surface area contributed by atoms with Crippen LogP contribution in [0.2, 0.25) is 0 Å². The molecule has 0 fully saturated rings. The number of anilines is 2. The largest absolute Gasteiger partial charge is 0.481 e. The van der Waals surface area contributed by atoms with Gasteiger partial charge in [0.15, 0.2) is 5.71 Å². The monoisotopic (exact) mass is 573 g/mol. The van der Waals surface area contributed by atoms with Crippen molar-refractivity contribution in [2.45, 2.75) is 19.3 Å². The lowest BCUT2D eigenvalue weighted by atomic mass is 10.1. The number of aromatic nitrogens is 2. The molecule has 1 aliphatic rings. The topological polar surface area (TPSA) is 149 Å². The molecule has 2 aromatic heterocycles. The zero-order valence-electron chi connectivity index (χ0n) is 21.0. The second kappa shape index (κ2) is 12.4. The Hall–Kier alpha value is -4.75. The summed E-state index contributed by atoms with van der Waals surface area (Å²) in [5.41, 5.74) is 6.04. The minimum absolute atomic E-state index is 0.0831. The van der Waals surface area contributed by atoms with Crippen LogP contribution in [0.3, 0.4) is 0 Å². The lowest BCUT2D eigenvalue weighted by Gasteiger charge is -2.07. The molecule has 40 heavy (non-hydrogen) atoms. The highest BCUT2D eigenvalue weighted by atomic mass is 32.1. The Morgan fingerprint density at radius 3 is 2.52 bits per heavy atom. The number of nitrogens with zero attached hydrogens (tertiary/aromatic N) is 5.